The van der Waals surface area contributed by atoms with Gasteiger partial charge in [0.1, 0.15) is 5.75 Å². The first kappa shape index (κ1) is 13.4. The quantitative estimate of drug-likeness (QED) is 0.617. The van der Waals surface area contributed by atoms with Gasteiger partial charge in [-0.25, -0.2) is 0 Å². The Morgan fingerprint density at radius 1 is 1.35 bits per heavy atom. The van der Waals surface area contributed by atoms with Crippen molar-refractivity contribution in [3.8, 4) is 17.6 Å². The third-order valence-electron chi connectivity index (χ3n) is 2.03. The van der Waals surface area contributed by atoms with Crippen LogP contribution in [0.15, 0.2) is 18.2 Å². The van der Waals surface area contributed by atoms with Crippen LogP contribution < -0.4 is 5.32 Å². The molecule has 0 amide bonds. The molecule has 17 heavy (non-hydrogen) atoms. The smallest absolute Gasteiger partial charge is 0.417 e. The van der Waals surface area contributed by atoms with Crippen LogP contribution in [0.5, 0.6) is 5.75 Å². The van der Waals surface area contributed by atoms with E-state index in [-0.39, 0.29) is 5.56 Å². The molecule has 5 heteroatoms. The average molecular weight is 243 g/mol. The van der Waals surface area contributed by atoms with E-state index < -0.39 is 17.5 Å². The first-order valence-corrected chi connectivity index (χ1v) is 4.99. The van der Waals surface area contributed by atoms with Gasteiger partial charge in [-0.15, -0.1) is 0 Å². The summed E-state index contributed by atoms with van der Waals surface area (Å²) in [7, 11) is 1.74. The molecule has 2 N–H and O–H groups in total. The molecule has 0 saturated heterocycles. The summed E-state index contributed by atoms with van der Waals surface area (Å²) in [5.41, 5.74) is -1.03. The lowest BCUT2D eigenvalue weighted by atomic mass is 10.1. The molecule has 0 aliphatic rings. The molecule has 0 aromatic heterocycles. The lowest BCUT2D eigenvalue weighted by Crippen LogP contribution is -2.08. The summed E-state index contributed by atoms with van der Waals surface area (Å²) >= 11 is 0. The number of benzene rings is 1. The minimum atomic E-state index is -4.51. The van der Waals surface area contributed by atoms with Gasteiger partial charge in [0.15, 0.2) is 0 Å². The maximum absolute atomic E-state index is 12.6. The molecule has 1 rings (SSSR count). The highest BCUT2D eigenvalue weighted by Crippen LogP contribution is 2.33. The molecular formula is C12H12F3NO. The number of rotatable bonds is 2. The van der Waals surface area contributed by atoms with Crippen LogP contribution in [0, 0.1) is 11.8 Å². The fourth-order valence-corrected chi connectivity index (χ4v) is 1.22. The second kappa shape index (κ2) is 5.60. The summed E-state index contributed by atoms with van der Waals surface area (Å²) in [5, 5.41) is 11.9. The lowest BCUT2D eigenvalue weighted by Gasteiger charge is -2.09. The van der Waals surface area contributed by atoms with Gasteiger partial charge >= 0.3 is 6.18 Å². The van der Waals surface area contributed by atoms with Crippen molar-refractivity contribution < 1.29 is 18.3 Å². The zero-order chi connectivity index (χ0) is 12.9. The predicted molar refractivity (Wildman–Crippen MR) is 58.5 cm³/mol. The summed E-state index contributed by atoms with van der Waals surface area (Å²) < 4.78 is 37.8. The van der Waals surface area contributed by atoms with Gasteiger partial charge in [0.05, 0.1) is 5.56 Å². The molecule has 0 radical (unpaired) electrons. The van der Waals surface area contributed by atoms with E-state index in [0.717, 1.165) is 0 Å². The van der Waals surface area contributed by atoms with Gasteiger partial charge in [-0.1, -0.05) is 11.8 Å². The van der Waals surface area contributed by atoms with Crippen LogP contribution in [0.25, 0.3) is 0 Å². The zero-order valence-corrected chi connectivity index (χ0v) is 9.23. The van der Waals surface area contributed by atoms with Crippen LogP contribution in [-0.4, -0.2) is 18.7 Å². The highest BCUT2D eigenvalue weighted by atomic mass is 19.4. The van der Waals surface area contributed by atoms with Crippen LogP contribution in [0.3, 0.4) is 0 Å². The minimum absolute atomic E-state index is 0.119. The second-order valence-corrected chi connectivity index (χ2v) is 3.38. The maximum atomic E-state index is 12.6. The van der Waals surface area contributed by atoms with Crippen molar-refractivity contribution in [1.82, 2.24) is 5.32 Å². The highest BCUT2D eigenvalue weighted by Gasteiger charge is 2.33. The van der Waals surface area contributed by atoms with Gasteiger partial charge in [0, 0.05) is 18.5 Å². The molecule has 0 bridgehead atoms. The van der Waals surface area contributed by atoms with E-state index in [9.17, 15) is 13.2 Å². The molecular weight excluding hydrogens is 231 g/mol. The molecule has 0 heterocycles. The summed E-state index contributed by atoms with van der Waals surface area (Å²) in [5.74, 6) is 4.68. The summed E-state index contributed by atoms with van der Waals surface area (Å²) in [6, 6.07) is 3.05. The molecule has 92 valence electrons. The number of phenols is 1. The molecule has 2 nitrogen and oxygen atoms in total. The largest absolute Gasteiger partial charge is 0.508 e. The van der Waals surface area contributed by atoms with Gasteiger partial charge in [-0.2, -0.15) is 13.2 Å². The maximum Gasteiger partial charge on any atom is 0.417 e. The third kappa shape index (κ3) is 4.00. The van der Waals surface area contributed by atoms with Crippen molar-refractivity contribution in [3.63, 3.8) is 0 Å². The number of aromatic hydroxyl groups is 1. The van der Waals surface area contributed by atoms with Gasteiger partial charge in [0.2, 0.25) is 0 Å². The number of nitrogens with one attached hydrogen (secondary N) is 1. The van der Waals surface area contributed by atoms with E-state index in [0.29, 0.717) is 19.0 Å². The molecule has 0 spiro atoms. The topological polar surface area (TPSA) is 32.3 Å². The SMILES string of the molecule is CNCCC#Cc1ccc(O)cc1C(F)(F)F. The van der Waals surface area contributed by atoms with Crippen molar-refractivity contribution in [1.29, 1.82) is 0 Å². The van der Waals surface area contributed by atoms with Crippen molar-refractivity contribution in [2.24, 2.45) is 0 Å². The van der Waals surface area contributed by atoms with Crippen molar-refractivity contribution in [3.05, 3.63) is 29.3 Å². The lowest BCUT2D eigenvalue weighted by molar-refractivity contribution is -0.137. The number of hydrogen-bond donors (Lipinski definition) is 2. The molecule has 0 aliphatic heterocycles. The Balaban J connectivity index is 3.02. The molecule has 0 atom stereocenters. The van der Waals surface area contributed by atoms with Gasteiger partial charge < -0.3 is 10.4 Å². The van der Waals surface area contributed by atoms with Crippen LogP contribution in [-0.2, 0) is 6.18 Å². The summed E-state index contributed by atoms with van der Waals surface area (Å²) in [6.45, 7) is 0.617. The molecule has 0 fully saturated rings. The Labute approximate surface area is 97.5 Å². The minimum Gasteiger partial charge on any atom is -0.508 e. The molecule has 0 saturated carbocycles. The standard InChI is InChI=1S/C12H12F3NO/c1-16-7-3-2-4-9-5-6-10(17)8-11(9)12(13,14)15/h5-6,8,16-17H,3,7H2,1H3. The van der Waals surface area contributed by atoms with Gasteiger partial charge in [0.25, 0.3) is 0 Å². The van der Waals surface area contributed by atoms with E-state index in [1.54, 1.807) is 7.05 Å². The zero-order valence-electron chi connectivity index (χ0n) is 9.23. The number of halogens is 3. The van der Waals surface area contributed by atoms with Crippen LogP contribution in [0.2, 0.25) is 0 Å². The summed E-state index contributed by atoms with van der Waals surface area (Å²) in [4.78, 5) is 0. The van der Waals surface area contributed by atoms with Crippen LogP contribution in [0.1, 0.15) is 17.5 Å². The first-order valence-electron chi connectivity index (χ1n) is 4.99. The van der Waals surface area contributed by atoms with Gasteiger partial charge in [-0.05, 0) is 25.2 Å². The van der Waals surface area contributed by atoms with E-state index in [1.165, 1.54) is 12.1 Å². The predicted octanol–water partition coefficient (Wildman–Crippen LogP) is 2.37. The Hall–Kier alpha value is -1.67. The normalized spacial score (nSPS) is 10.8. The Kier molecular flexibility index (Phi) is 4.41. The molecule has 1 aromatic carbocycles. The molecule has 0 unspecified atom stereocenters. The molecule has 0 aliphatic carbocycles. The van der Waals surface area contributed by atoms with Gasteiger partial charge in [-0.3, -0.25) is 0 Å². The Morgan fingerprint density at radius 2 is 2.06 bits per heavy atom. The molecule has 1 aromatic rings. The number of alkyl halides is 3. The third-order valence-corrected chi connectivity index (χ3v) is 2.03. The van der Waals surface area contributed by atoms with E-state index >= 15 is 0 Å². The van der Waals surface area contributed by atoms with E-state index in [2.05, 4.69) is 17.2 Å². The van der Waals surface area contributed by atoms with Crippen molar-refractivity contribution >= 4 is 0 Å². The van der Waals surface area contributed by atoms with Crippen molar-refractivity contribution in [2.75, 3.05) is 13.6 Å². The fraction of sp³-hybridized carbons (Fsp3) is 0.333. The monoisotopic (exact) mass is 243 g/mol. The highest BCUT2D eigenvalue weighted by molar-refractivity contribution is 5.46. The van der Waals surface area contributed by atoms with Crippen molar-refractivity contribution in [2.45, 2.75) is 12.6 Å². The van der Waals surface area contributed by atoms with Crippen LogP contribution in [0.4, 0.5) is 13.2 Å². The second-order valence-electron chi connectivity index (χ2n) is 3.38. The number of hydrogen-bond acceptors (Lipinski definition) is 2. The van der Waals surface area contributed by atoms with E-state index in [1.807, 2.05) is 0 Å². The summed E-state index contributed by atoms with van der Waals surface area (Å²) in [6.07, 6.45) is -4.04. The Bertz CT molecular complexity index is 443. The number of phenolic OH excluding ortho intramolecular Hbond substituents is 1. The van der Waals surface area contributed by atoms with E-state index in [4.69, 9.17) is 5.11 Å². The first-order chi connectivity index (χ1) is 7.95. The van der Waals surface area contributed by atoms with Crippen LogP contribution >= 0.6 is 0 Å². The fourth-order valence-electron chi connectivity index (χ4n) is 1.22. The Morgan fingerprint density at radius 3 is 2.65 bits per heavy atom. The average Bonchev–Trinajstić information content (AvgIpc) is 2.25.